The molecule has 0 saturated carbocycles. The molecule has 0 aromatic rings. The largest absolute Gasteiger partial charge is 0.384 e. The van der Waals surface area contributed by atoms with Gasteiger partial charge in [0.05, 0.1) is 12.5 Å². The maximum Gasteiger partial charge on any atom is 0.228 e. The normalized spacial score (nSPS) is 21.7. The highest BCUT2D eigenvalue weighted by atomic mass is 35.5. The van der Waals surface area contributed by atoms with Crippen LogP contribution in [0.5, 0.6) is 0 Å². The van der Waals surface area contributed by atoms with Crippen LogP contribution in [0.3, 0.4) is 0 Å². The van der Waals surface area contributed by atoms with Gasteiger partial charge in [0.1, 0.15) is 0 Å². The predicted molar refractivity (Wildman–Crippen MR) is 66.9 cm³/mol. The number of nitrogens with zero attached hydrogens (tertiary/aromatic N) is 1. The topological polar surface area (TPSA) is 41.6 Å². The van der Waals surface area contributed by atoms with E-state index in [1.54, 1.807) is 7.11 Å². The van der Waals surface area contributed by atoms with Crippen molar-refractivity contribution < 1.29 is 9.53 Å². The predicted octanol–water partition coefficient (Wildman–Crippen LogP) is 0.901. The Labute approximate surface area is 104 Å². The minimum absolute atomic E-state index is 0. The van der Waals surface area contributed by atoms with Crippen molar-refractivity contribution in [2.75, 3.05) is 33.9 Å². The fourth-order valence-electron chi connectivity index (χ4n) is 2.18. The molecule has 2 unspecified atom stereocenters. The quantitative estimate of drug-likeness (QED) is 0.789. The van der Waals surface area contributed by atoms with Crippen LogP contribution in [0, 0.1) is 5.92 Å². The third kappa shape index (κ3) is 3.92. The summed E-state index contributed by atoms with van der Waals surface area (Å²) in [6.07, 6.45) is 2.24. The molecule has 1 aliphatic rings. The van der Waals surface area contributed by atoms with Crippen molar-refractivity contribution in [2.45, 2.75) is 25.8 Å². The molecule has 0 radical (unpaired) electrons. The average molecular weight is 251 g/mol. The second-order valence-electron chi connectivity index (χ2n) is 4.24. The Morgan fingerprint density at radius 1 is 1.62 bits per heavy atom. The molecule has 2 atom stereocenters. The fraction of sp³-hybridized carbons (Fsp3) is 0.909. The number of hydrogen-bond acceptors (Lipinski definition) is 3. The molecule has 0 spiro atoms. The summed E-state index contributed by atoms with van der Waals surface area (Å²) in [5.74, 6) is 0.210. The lowest BCUT2D eigenvalue weighted by Gasteiger charge is -2.27. The van der Waals surface area contributed by atoms with Crippen molar-refractivity contribution >= 4 is 18.3 Å². The van der Waals surface area contributed by atoms with E-state index in [1.807, 2.05) is 18.9 Å². The molecule has 0 aliphatic carbocycles. The van der Waals surface area contributed by atoms with Crippen LogP contribution in [0.4, 0.5) is 0 Å². The summed E-state index contributed by atoms with van der Waals surface area (Å²) >= 11 is 0. The first kappa shape index (κ1) is 15.7. The van der Waals surface area contributed by atoms with Crippen molar-refractivity contribution in [2.24, 2.45) is 5.92 Å². The van der Waals surface area contributed by atoms with Gasteiger partial charge in [0.15, 0.2) is 0 Å². The van der Waals surface area contributed by atoms with Crippen LogP contribution in [0.2, 0.25) is 0 Å². The lowest BCUT2D eigenvalue weighted by atomic mass is 10.1. The number of ether oxygens (including phenoxy) is 1. The van der Waals surface area contributed by atoms with E-state index in [0.717, 1.165) is 25.9 Å². The summed E-state index contributed by atoms with van der Waals surface area (Å²) in [7, 11) is 3.57. The number of likely N-dealkylation sites (N-methyl/N-ethyl adjacent to an activating group) is 1. The third-order valence-electron chi connectivity index (χ3n) is 2.94. The van der Waals surface area contributed by atoms with Gasteiger partial charge in [-0.05, 0) is 19.9 Å². The number of hydrogen-bond donors (Lipinski definition) is 1. The molecule has 1 amide bonds. The zero-order valence-electron chi connectivity index (χ0n) is 10.4. The van der Waals surface area contributed by atoms with Gasteiger partial charge in [0, 0.05) is 26.2 Å². The van der Waals surface area contributed by atoms with E-state index in [-0.39, 0.29) is 24.2 Å². The SMILES string of the molecule is CNCC1CCCN1C(=O)C(C)COC.Cl. The molecule has 1 saturated heterocycles. The summed E-state index contributed by atoms with van der Waals surface area (Å²) in [5.41, 5.74) is 0. The van der Waals surface area contributed by atoms with E-state index in [9.17, 15) is 4.79 Å². The maximum atomic E-state index is 12.0. The zero-order valence-corrected chi connectivity index (χ0v) is 11.2. The monoisotopic (exact) mass is 250 g/mol. The smallest absolute Gasteiger partial charge is 0.228 e. The summed E-state index contributed by atoms with van der Waals surface area (Å²) in [6, 6.07) is 0.377. The number of amides is 1. The lowest BCUT2D eigenvalue weighted by Crippen LogP contribution is -2.44. The third-order valence-corrected chi connectivity index (χ3v) is 2.94. The maximum absolute atomic E-state index is 12.0. The number of halogens is 1. The van der Waals surface area contributed by atoms with Crippen molar-refractivity contribution in [3.05, 3.63) is 0 Å². The highest BCUT2D eigenvalue weighted by Gasteiger charge is 2.30. The summed E-state index contributed by atoms with van der Waals surface area (Å²) in [4.78, 5) is 14.0. The van der Waals surface area contributed by atoms with Crippen molar-refractivity contribution in [1.29, 1.82) is 0 Å². The Balaban J connectivity index is 0.00000225. The van der Waals surface area contributed by atoms with Gasteiger partial charge >= 0.3 is 0 Å². The summed E-state index contributed by atoms with van der Waals surface area (Å²) < 4.78 is 5.02. The number of carbonyl (C=O) groups is 1. The molecular weight excluding hydrogens is 228 g/mol. The van der Waals surface area contributed by atoms with Crippen molar-refractivity contribution in [3.8, 4) is 0 Å². The van der Waals surface area contributed by atoms with E-state index in [2.05, 4.69) is 5.32 Å². The molecule has 1 heterocycles. The van der Waals surface area contributed by atoms with Crippen molar-refractivity contribution in [3.63, 3.8) is 0 Å². The van der Waals surface area contributed by atoms with Gasteiger partial charge in [-0.3, -0.25) is 4.79 Å². The molecule has 1 rings (SSSR count). The van der Waals surface area contributed by atoms with E-state index in [0.29, 0.717) is 12.6 Å². The van der Waals surface area contributed by atoms with Crippen LogP contribution in [0.15, 0.2) is 0 Å². The first-order valence-electron chi connectivity index (χ1n) is 5.64. The lowest BCUT2D eigenvalue weighted by molar-refractivity contribution is -0.137. The van der Waals surface area contributed by atoms with E-state index in [4.69, 9.17) is 4.74 Å². The molecule has 1 N–H and O–H groups in total. The minimum atomic E-state index is -0.0209. The van der Waals surface area contributed by atoms with E-state index >= 15 is 0 Å². The van der Waals surface area contributed by atoms with E-state index < -0.39 is 0 Å². The Kier molecular flexibility index (Phi) is 7.72. The molecular formula is C11H23ClN2O2. The van der Waals surface area contributed by atoms with Gasteiger partial charge in [-0.25, -0.2) is 0 Å². The first-order chi connectivity index (χ1) is 7.20. The van der Waals surface area contributed by atoms with Crippen LogP contribution >= 0.6 is 12.4 Å². The number of carbonyl (C=O) groups excluding carboxylic acids is 1. The second-order valence-corrected chi connectivity index (χ2v) is 4.24. The molecule has 1 fully saturated rings. The van der Waals surface area contributed by atoms with Crippen molar-refractivity contribution in [1.82, 2.24) is 10.2 Å². The van der Waals surface area contributed by atoms with E-state index in [1.165, 1.54) is 0 Å². The molecule has 4 nitrogen and oxygen atoms in total. The number of rotatable bonds is 5. The molecule has 16 heavy (non-hydrogen) atoms. The molecule has 5 heteroatoms. The zero-order chi connectivity index (χ0) is 11.3. The minimum Gasteiger partial charge on any atom is -0.384 e. The molecule has 96 valence electrons. The standard InChI is InChI=1S/C11H22N2O2.ClH/c1-9(8-15-3)11(14)13-6-4-5-10(13)7-12-2;/h9-10,12H,4-8H2,1-3H3;1H. The summed E-state index contributed by atoms with van der Waals surface area (Å²) in [6.45, 7) is 4.24. The number of likely N-dealkylation sites (tertiary alicyclic amines) is 1. The van der Waals surface area contributed by atoms with Crippen LogP contribution in [-0.4, -0.2) is 50.7 Å². The average Bonchev–Trinajstić information content (AvgIpc) is 2.66. The Bertz CT molecular complexity index is 214. The Hall–Kier alpha value is -0.320. The Morgan fingerprint density at radius 2 is 2.31 bits per heavy atom. The first-order valence-corrected chi connectivity index (χ1v) is 5.64. The van der Waals surface area contributed by atoms with Gasteiger partial charge in [-0.15, -0.1) is 12.4 Å². The molecule has 1 aliphatic heterocycles. The van der Waals surface area contributed by atoms with Gasteiger partial charge in [-0.1, -0.05) is 6.92 Å². The molecule has 0 bridgehead atoms. The Morgan fingerprint density at radius 3 is 2.88 bits per heavy atom. The van der Waals surface area contributed by atoms with Gasteiger partial charge in [0.2, 0.25) is 5.91 Å². The van der Waals surface area contributed by atoms with Crippen LogP contribution in [-0.2, 0) is 9.53 Å². The number of methoxy groups -OCH3 is 1. The molecule has 0 aromatic heterocycles. The van der Waals surface area contributed by atoms with Gasteiger partial charge in [-0.2, -0.15) is 0 Å². The van der Waals surface area contributed by atoms with Crippen LogP contribution in [0.1, 0.15) is 19.8 Å². The molecule has 0 aromatic carbocycles. The fourth-order valence-corrected chi connectivity index (χ4v) is 2.18. The van der Waals surface area contributed by atoms with Crippen LogP contribution in [0.25, 0.3) is 0 Å². The van der Waals surface area contributed by atoms with Crippen LogP contribution < -0.4 is 5.32 Å². The van der Waals surface area contributed by atoms with Gasteiger partial charge < -0.3 is 15.0 Å². The second kappa shape index (κ2) is 7.87. The number of nitrogens with one attached hydrogen (secondary N) is 1. The highest BCUT2D eigenvalue weighted by molar-refractivity contribution is 5.85. The highest BCUT2D eigenvalue weighted by Crippen LogP contribution is 2.19. The summed E-state index contributed by atoms with van der Waals surface area (Å²) in [5, 5.41) is 3.14. The van der Waals surface area contributed by atoms with Gasteiger partial charge in [0.25, 0.3) is 0 Å².